The smallest absolute Gasteiger partial charge is 0.258 e. The molecule has 6 heteroatoms. The lowest BCUT2D eigenvalue weighted by molar-refractivity contribution is 0.102. The Morgan fingerprint density at radius 2 is 1.90 bits per heavy atom. The summed E-state index contributed by atoms with van der Waals surface area (Å²) in [5.41, 5.74) is 9.32. The van der Waals surface area contributed by atoms with Crippen molar-refractivity contribution >= 4 is 17.5 Å². The molecule has 1 heterocycles. The van der Waals surface area contributed by atoms with E-state index in [9.17, 15) is 4.79 Å². The highest BCUT2D eigenvalue weighted by Crippen LogP contribution is 2.14. The van der Waals surface area contributed by atoms with Gasteiger partial charge in [-0.05, 0) is 37.5 Å². The Hall–Kier alpha value is -2.50. The lowest BCUT2D eigenvalue weighted by atomic mass is 10.1. The third-order valence-electron chi connectivity index (χ3n) is 3.24. The average Bonchev–Trinajstić information content (AvgIpc) is 2.49. The van der Waals surface area contributed by atoms with Crippen molar-refractivity contribution in [2.75, 3.05) is 11.1 Å². The van der Waals surface area contributed by atoms with E-state index in [1.165, 1.54) is 0 Å². The van der Waals surface area contributed by atoms with E-state index in [0.29, 0.717) is 11.3 Å². The number of carbonyl (C=O) groups is 1. The van der Waals surface area contributed by atoms with Crippen LogP contribution < -0.4 is 11.1 Å². The molecule has 0 saturated heterocycles. The van der Waals surface area contributed by atoms with E-state index in [0.717, 1.165) is 29.8 Å². The van der Waals surface area contributed by atoms with Crippen LogP contribution in [0.1, 0.15) is 41.2 Å². The van der Waals surface area contributed by atoms with Crippen molar-refractivity contribution in [3.8, 4) is 0 Å². The van der Waals surface area contributed by atoms with Crippen LogP contribution in [0.5, 0.6) is 0 Å². The van der Waals surface area contributed by atoms with Crippen LogP contribution in [0, 0.1) is 6.92 Å². The van der Waals surface area contributed by atoms with Crippen molar-refractivity contribution in [2.45, 2.75) is 33.6 Å². The lowest BCUT2D eigenvalue weighted by Gasteiger charge is -2.09. The molecular formula is C15H19N5O. The molecular weight excluding hydrogens is 266 g/mol. The van der Waals surface area contributed by atoms with Crippen molar-refractivity contribution in [2.24, 2.45) is 0 Å². The third-order valence-corrected chi connectivity index (χ3v) is 3.24. The second-order valence-electron chi connectivity index (χ2n) is 4.76. The van der Waals surface area contributed by atoms with Crippen molar-refractivity contribution in [1.82, 2.24) is 15.2 Å². The van der Waals surface area contributed by atoms with Gasteiger partial charge in [0.25, 0.3) is 5.91 Å². The highest BCUT2D eigenvalue weighted by molar-refractivity contribution is 6.04. The maximum Gasteiger partial charge on any atom is 0.258 e. The molecule has 1 aromatic heterocycles. The van der Waals surface area contributed by atoms with Gasteiger partial charge in [-0.3, -0.25) is 10.1 Å². The summed E-state index contributed by atoms with van der Waals surface area (Å²) >= 11 is 0. The van der Waals surface area contributed by atoms with Gasteiger partial charge < -0.3 is 5.73 Å². The van der Waals surface area contributed by atoms with Crippen LogP contribution in [0.2, 0.25) is 0 Å². The highest BCUT2D eigenvalue weighted by Gasteiger charge is 2.13. The van der Waals surface area contributed by atoms with Gasteiger partial charge in [-0.1, -0.05) is 19.9 Å². The number of aryl methyl sites for hydroxylation is 3. The Bertz CT molecular complexity index is 669. The van der Waals surface area contributed by atoms with Gasteiger partial charge in [0.15, 0.2) is 0 Å². The van der Waals surface area contributed by atoms with Gasteiger partial charge in [-0.15, -0.1) is 10.2 Å². The molecule has 0 aliphatic rings. The summed E-state index contributed by atoms with van der Waals surface area (Å²) in [5.74, 6) is -0.0659. The quantitative estimate of drug-likeness (QED) is 0.839. The van der Waals surface area contributed by atoms with Gasteiger partial charge >= 0.3 is 0 Å². The molecule has 0 fully saturated rings. The number of anilines is 2. The number of hydrogen-bond acceptors (Lipinski definition) is 5. The van der Waals surface area contributed by atoms with Crippen molar-refractivity contribution in [1.29, 1.82) is 0 Å². The SMILES string of the molecule is CCc1nnc(NC(=O)c2cc(N)ccc2C)nc1CC. The minimum absolute atomic E-state index is 0.218. The number of nitrogens with one attached hydrogen (secondary N) is 1. The first-order chi connectivity index (χ1) is 10.0. The van der Waals surface area contributed by atoms with Crippen molar-refractivity contribution in [3.05, 3.63) is 40.7 Å². The fraction of sp³-hybridized carbons (Fsp3) is 0.333. The van der Waals surface area contributed by atoms with Crippen LogP contribution in [0.15, 0.2) is 18.2 Å². The van der Waals surface area contributed by atoms with Gasteiger partial charge in [0, 0.05) is 11.3 Å². The maximum atomic E-state index is 12.3. The molecule has 1 amide bonds. The normalized spacial score (nSPS) is 10.4. The van der Waals surface area contributed by atoms with Crippen LogP contribution >= 0.6 is 0 Å². The molecule has 1 aromatic carbocycles. The zero-order valence-electron chi connectivity index (χ0n) is 12.5. The molecule has 0 aliphatic heterocycles. The minimum Gasteiger partial charge on any atom is -0.399 e. The van der Waals surface area contributed by atoms with Crippen LogP contribution in [0.3, 0.4) is 0 Å². The molecule has 0 saturated carbocycles. The molecule has 110 valence electrons. The summed E-state index contributed by atoms with van der Waals surface area (Å²) in [6.45, 7) is 5.85. The van der Waals surface area contributed by atoms with Gasteiger partial charge in [-0.2, -0.15) is 0 Å². The number of rotatable bonds is 4. The van der Waals surface area contributed by atoms with E-state index in [-0.39, 0.29) is 11.9 Å². The van der Waals surface area contributed by atoms with Crippen LogP contribution in [-0.2, 0) is 12.8 Å². The summed E-state index contributed by atoms with van der Waals surface area (Å²) in [6, 6.07) is 5.20. The van der Waals surface area contributed by atoms with E-state index in [1.54, 1.807) is 18.2 Å². The average molecular weight is 285 g/mol. The van der Waals surface area contributed by atoms with E-state index in [2.05, 4.69) is 20.5 Å². The summed E-state index contributed by atoms with van der Waals surface area (Å²) in [6.07, 6.45) is 1.52. The fourth-order valence-electron chi connectivity index (χ4n) is 2.04. The number of amides is 1. The van der Waals surface area contributed by atoms with Crippen molar-refractivity contribution < 1.29 is 4.79 Å². The fourth-order valence-corrected chi connectivity index (χ4v) is 2.04. The number of nitrogens with two attached hydrogens (primary N) is 1. The predicted molar refractivity (Wildman–Crippen MR) is 82.1 cm³/mol. The molecule has 0 bridgehead atoms. The molecule has 21 heavy (non-hydrogen) atoms. The number of aromatic nitrogens is 3. The molecule has 0 radical (unpaired) electrons. The van der Waals surface area contributed by atoms with Crippen LogP contribution in [0.25, 0.3) is 0 Å². The Balaban J connectivity index is 2.25. The summed E-state index contributed by atoms with van der Waals surface area (Å²) in [4.78, 5) is 16.6. The predicted octanol–water partition coefficient (Wildman–Crippen LogP) is 2.14. The standard InChI is InChI=1S/C15H19N5O/c1-4-12-13(5-2)19-20-15(17-12)18-14(21)11-8-10(16)7-6-9(11)3/h6-8H,4-5,16H2,1-3H3,(H,17,18,20,21). The lowest BCUT2D eigenvalue weighted by Crippen LogP contribution is -2.17. The van der Waals surface area contributed by atoms with Crippen LogP contribution in [0.4, 0.5) is 11.6 Å². The zero-order chi connectivity index (χ0) is 15.4. The third kappa shape index (κ3) is 3.34. The van der Waals surface area contributed by atoms with Gasteiger partial charge in [0.1, 0.15) is 0 Å². The van der Waals surface area contributed by atoms with E-state index < -0.39 is 0 Å². The van der Waals surface area contributed by atoms with Crippen molar-refractivity contribution in [3.63, 3.8) is 0 Å². The largest absolute Gasteiger partial charge is 0.399 e. The highest BCUT2D eigenvalue weighted by atomic mass is 16.1. The van der Waals surface area contributed by atoms with Gasteiger partial charge in [-0.25, -0.2) is 4.98 Å². The number of nitrogens with zero attached hydrogens (tertiary/aromatic N) is 3. The molecule has 0 atom stereocenters. The first-order valence-corrected chi connectivity index (χ1v) is 6.95. The van der Waals surface area contributed by atoms with E-state index in [4.69, 9.17) is 5.73 Å². The minimum atomic E-state index is -0.284. The molecule has 2 aromatic rings. The van der Waals surface area contributed by atoms with Gasteiger partial charge in [0.05, 0.1) is 11.4 Å². The molecule has 0 aliphatic carbocycles. The molecule has 6 nitrogen and oxygen atoms in total. The molecule has 0 unspecified atom stereocenters. The van der Waals surface area contributed by atoms with E-state index in [1.807, 2.05) is 20.8 Å². The van der Waals surface area contributed by atoms with Gasteiger partial charge in [0.2, 0.25) is 5.95 Å². The first kappa shape index (κ1) is 14.9. The number of hydrogen-bond donors (Lipinski definition) is 2. The topological polar surface area (TPSA) is 93.8 Å². The Labute approximate surface area is 123 Å². The number of nitrogen functional groups attached to an aromatic ring is 1. The zero-order valence-corrected chi connectivity index (χ0v) is 12.5. The summed E-state index contributed by atoms with van der Waals surface area (Å²) in [5, 5.41) is 10.7. The van der Waals surface area contributed by atoms with Crippen LogP contribution in [-0.4, -0.2) is 21.1 Å². The Morgan fingerprint density at radius 1 is 1.19 bits per heavy atom. The Morgan fingerprint density at radius 3 is 2.57 bits per heavy atom. The molecule has 2 rings (SSSR count). The molecule has 3 N–H and O–H groups in total. The maximum absolute atomic E-state index is 12.3. The second-order valence-corrected chi connectivity index (χ2v) is 4.76. The first-order valence-electron chi connectivity index (χ1n) is 6.95. The molecule has 0 spiro atoms. The number of carbonyl (C=O) groups excluding carboxylic acids is 1. The summed E-state index contributed by atoms with van der Waals surface area (Å²) < 4.78 is 0. The Kier molecular flexibility index (Phi) is 4.47. The monoisotopic (exact) mass is 285 g/mol. The van der Waals surface area contributed by atoms with E-state index >= 15 is 0 Å². The number of benzene rings is 1. The summed E-state index contributed by atoms with van der Waals surface area (Å²) in [7, 11) is 0. The second kappa shape index (κ2) is 6.30.